The number of benzene rings is 9. The molecular weight excluding hydrogens is 719 g/mol. The van der Waals surface area contributed by atoms with Crippen LogP contribution in [0.2, 0.25) is 0 Å². The first kappa shape index (κ1) is 34.1. The summed E-state index contributed by atoms with van der Waals surface area (Å²) < 4.78 is 6.70. The molecule has 11 rings (SSSR count). The average molecular weight is 757 g/mol. The van der Waals surface area contributed by atoms with Crippen LogP contribution in [-0.4, -0.2) is 8.80 Å². The number of anilines is 3. The Labute approximate surface area is 341 Å². The van der Waals surface area contributed by atoms with Gasteiger partial charge in [0.2, 0.25) is 0 Å². The molecule has 58 heavy (non-hydrogen) atoms. The van der Waals surface area contributed by atoms with Gasteiger partial charge >= 0.3 is 0 Å². The average Bonchev–Trinajstić information content (AvgIpc) is 3.30. The number of hydrogen-bond acceptors (Lipinski definition) is 2. The van der Waals surface area contributed by atoms with E-state index in [4.69, 9.17) is 4.74 Å². The Bertz CT molecular complexity index is 2860. The predicted molar refractivity (Wildman–Crippen MR) is 241 cm³/mol. The summed E-state index contributed by atoms with van der Waals surface area (Å²) in [6.45, 7) is 0. The van der Waals surface area contributed by atoms with Crippen LogP contribution in [0.3, 0.4) is 0 Å². The molecule has 3 heteroatoms. The topological polar surface area (TPSA) is 12.5 Å². The molecule has 273 valence electrons. The first-order chi connectivity index (χ1) is 28.8. The first-order valence-electron chi connectivity index (χ1n) is 19.9. The SMILES string of the molecule is c1ccc(-c2ccc(N(c3ccccc3)c3ccc(-c4ccc5c(c4)C4(c6ccccc6Oc6ccccc64)c4ccccc4[Si]5c4ccccc4)cc3)cc2)cc1. The van der Waals surface area contributed by atoms with Gasteiger partial charge in [-0.25, -0.2) is 0 Å². The Morgan fingerprint density at radius 3 is 1.38 bits per heavy atom. The number of para-hydroxylation sites is 3. The Morgan fingerprint density at radius 1 is 0.328 bits per heavy atom. The number of nitrogens with zero attached hydrogens (tertiary/aromatic N) is 1. The van der Waals surface area contributed by atoms with E-state index in [2.05, 4.69) is 235 Å². The highest BCUT2D eigenvalue weighted by Crippen LogP contribution is 2.55. The largest absolute Gasteiger partial charge is 0.457 e. The number of ether oxygens (including phenoxy) is 1. The van der Waals surface area contributed by atoms with E-state index in [9.17, 15) is 0 Å². The molecular formula is C55H38NOSi. The molecule has 0 amide bonds. The van der Waals surface area contributed by atoms with Crippen molar-refractivity contribution in [3.8, 4) is 33.8 Å². The Hall–Kier alpha value is -7.20. The summed E-state index contributed by atoms with van der Waals surface area (Å²) in [5.41, 5.74) is 12.6. The van der Waals surface area contributed by atoms with Gasteiger partial charge in [0.15, 0.2) is 8.80 Å². The molecule has 9 aromatic carbocycles. The van der Waals surface area contributed by atoms with Gasteiger partial charge in [-0.2, -0.15) is 0 Å². The minimum absolute atomic E-state index is 0.563. The number of fused-ring (bicyclic) bond motifs is 8. The predicted octanol–water partition coefficient (Wildman–Crippen LogP) is 11.8. The van der Waals surface area contributed by atoms with Gasteiger partial charge in [-0.3, -0.25) is 0 Å². The summed E-state index contributed by atoms with van der Waals surface area (Å²) in [5, 5.41) is 4.23. The lowest BCUT2D eigenvalue weighted by Crippen LogP contribution is -2.62. The molecule has 0 aliphatic carbocycles. The molecule has 1 radical (unpaired) electrons. The van der Waals surface area contributed by atoms with Crippen LogP contribution in [0.4, 0.5) is 17.1 Å². The molecule has 0 atom stereocenters. The van der Waals surface area contributed by atoms with Crippen molar-refractivity contribution < 1.29 is 4.74 Å². The van der Waals surface area contributed by atoms with E-state index in [0.29, 0.717) is 0 Å². The van der Waals surface area contributed by atoms with E-state index in [-0.39, 0.29) is 0 Å². The Kier molecular flexibility index (Phi) is 8.27. The zero-order valence-electron chi connectivity index (χ0n) is 31.8. The lowest BCUT2D eigenvalue weighted by atomic mass is 9.63. The number of rotatable bonds is 6. The Morgan fingerprint density at radius 2 is 0.759 bits per heavy atom. The summed E-state index contributed by atoms with van der Waals surface area (Å²) in [5.74, 6) is 1.81. The molecule has 0 saturated carbocycles. The molecule has 2 aliphatic heterocycles. The van der Waals surface area contributed by atoms with Crippen LogP contribution < -0.4 is 25.2 Å². The lowest BCUT2D eigenvalue weighted by molar-refractivity contribution is 0.435. The van der Waals surface area contributed by atoms with Crippen molar-refractivity contribution in [2.45, 2.75) is 5.41 Å². The van der Waals surface area contributed by atoms with Gasteiger partial charge in [0.05, 0.1) is 5.41 Å². The smallest absolute Gasteiger partial charge is 0.155 e. The molecule has 0 unspecified atom stereocenters. The highest BCUT2D eigenvalue weighted by Gasteiger charge is 2.51. The third-order valence-electron chi connectivity index (χ3n) is 11.9. The molecule has 0 aromatic heterocycles. The van der Waals surface area contributed by atoms with Crippen molar-refractivity contribution in [1.82, 2.24) is 0 Å². The van der Waals surface area contributed by atoms with Crippen LogP contribution in [0.1, 0.15) is 22.3 Å². The van der Waals surface area contributed by atoms with Gasteiger partial charge < -0.3 is 9.64 Å². The third kappa shape index (κ3) is 5.47. The van der Waals surface area contributed by atoms with E-state index < -0.39 is 14.2 Å². The van der Waals surface area contributed by atoms with Gasteiger partial charge in [0.1, 0.15) is 11.5 Å². The maximum absolute atomic E-state index is 6.70. The molecule has 2 nitrogen and oxygen atoms in total. The second-order valence-electron chi connectivity index (χ2n) is 15.0. The van der Waals surface area contributed by atoms with E-state index >= 15 is 0 Å². The zero-order chi connectivity index (χ0) is 38.5. The molecule has 9 aromatic rings. The van der Waals surface area contributed by atoms with Crippen molar-refractivity contribution in [2.24, 2.45) is 0 Å². The maximum atomic E-state index is 6.70. The monoisotopic (exact) mass is 756 g/mol. The maximum Gasteiger partial charge on any atom is 0.155 e. The summed E-state index contributed by atoms with van der Waals surface area (Å²) >= 11 is 0. The summed E-state index contributed by atoms with van der Waals surface area (Å²) in [6, 6.07) is 84.0. The lowest BCUT2D eigenvalue weighted by Gasteiger charge is -2.47. The minimum atomic E-state index is -1.36. The van der Waals surface area contributed by atoms with Crippen LogP contribution in [-0.2, 0) is 5.41 Å². The van der Waals surface area contributed by atoms with E-state index in [1.54, 1.807) is 0 Å². The standard InChI is InChI=1S/C55H38NOSi/c1-4-16-39(17-5-1)40-28-33-44(34-29-40)56(43-18-6-2-7-19-43)45-35-30-41(31-36-45)42-32-37-54-50(38-42)55(47-22-10-13-25-51(47)57-52-26-14-11-23-48(52)55)49-24-12-15-27-53(49)58(54)46-20-8-3-9-21-46/h1-38H. The van der Waals surface area contributed by atoms with Gasteiger partial charge in [-0.15, -0.1) is 0 Å². The normalized spacial score (nSPS) is 13.4. The highest BCUT2D eigenvalue weighted by atomic mass is 28.3. The van der Waals surface area contributed by atoms with Crippen molar-refractivity contribution in [3.63, 3.8) is 0 Å². The first-order valence-corrected chi connectivity index (χ1v) is 21.4. The van der Waals surface area contributed by atoms with Gasteiger partial charge in [0.25, 0.3) is 0 Å². The van der Waals surface area contributed by atoms with Crippen molar-refractivity contribution in [2.75, 3.05) is 4.90 Å². The minimum Gasteiger partial charge on any atom is -0.457 e. The molecule has 2 aliphatic rings. The van der Waals surface area contributed by atoms with Gasteiger partial charge in [0, 0.05) is 28.2 Å². The Balaban J connectivity index is 1.08. The van der Waals surface area contributed by atoms with Crippen molar-refractivity contribution >= 4 is 41.4 Å². The van der Waals surface area contributed by atoms with Crippen LogP contribution in [0, 0.1) is 0 Å². The van der Waals surface area contributed by atoms with Gasteiger partial charge in [-0.05, 0) is 98.4 Å². The van der Waals surface area contributed by atoms with Crippen molar-refractivity contribution in [3.05, 3.63) is 253 Å². The fourth-order valence-corrected chi connectivity index (χ4v) is 12.3. The van der Waals surface area contributed by atoms with E-state index in [1.165, 1.54) is 60.1 Å². The highest BCUT2D eigenvalue weighted by molar-refractivity contribution is 6.96. The van der Waals surface area contributed by atoms with Crippen molar-refractivity contribution in [1.29, 1.82) is 0 Å². The van der Waals surface area contributed by atoms with E-state index in [1.807, 2.05) is 0 Å². The molecule has 0 saturated heterocycles. The fraction of sp³-hybridized carbons (Fsp3) is 0.0182. The molecule has 2 heterocycles. The second kappa shape index (κ2) is 14.1. The number of hydrogen-bond donors (Lipinski definition) is 0. The van der Waals surface area contributed by atoms with Crippen LogP contribution in [0.5, 0.6) is 11.5 Å². The summed E-state index contributed by atoms with van der Waals surface area (Å²) in [7, 11) is -1.36. The molecule has 0 N–H and O–H groups in total. The zero-order valence-corrected chi connectivity index (χ0v) is 32.8. The summed E-state index contributed by atoms with van der Waals surface area (Å²) in [6.07, 6.45) is 0. The third-order valence-corrected chi connectivity index (χ3v) is 14.7. The van der Waals surface area contributed by atoms with E-state index in [0.717, 1.165) is 28.6 Å². The van der Waals surface area contributed by atoms with Crippen LogP contribution in [0.15, 0.2) is 231 Å². The summed E-state index contributed by atoms with van der Waals surface area (Å²) in [4.78, 5) is 2.34. The second-order valence-corrected chi connectivity index (χ2v) is 17.4. The van der Waals surface area contributed by atoms with Crippen LogP contribution >= 0.6 is 0 Å². The molecule has 0 fully saturated rings. The van der Waals surface area contributed by atoms with Crippen LogP contribution in [0.25, 0.3) is 22.3 Å². The quantitative estimate of drug-likeness (QED) is 0.157. The molecule has 1 spiro atoms. The fourth-order valence-electron chi connectivity index (χ4n) is 9.32. The van der Waals surface area contributed by atoms with Gasteiger partial charge in [-0.1, -0.05) is 181 Å². The molecule has 0 bridgehead atoms.